The van der Waals surface area contributed by atoms with Gasteiger partial charge in [0.25, 0.3) is 0 Å². The molecule has 2 aromatic carbocycles. The first-order valence-corrected chi connectivity index (χ1v) is 8.54. The lowest BCUT2D eigenvalue weighted by atomic mass is 9.88. The summed E-state index contributed by atoms with van der Waals surface area (Å²) < 4.78 is 24.8. The number of hydrogen-bond acceptors (Lipinski definition) is 4. The van der Waals surface area contributed by atoms with Gasteiger partial charge in [-0.1, -0.05) is 6.07 Å². The molecule has 0 bridgehead atoms. The molecule has 130 valence electrons. The molecule has 0 unspecified atom stereocenters. The van der Waals surface area contributed by atoms with Gasteiger partial charge in [0.15, 0.2) is 5.78 Å². The van der Waals surface area contributed by atoms with Gasteiger partial charge in [0.1, 0.15) is 11.6 Å². The molecule has 3 rings (SSSR count). The Balaban J connectivity index is 1.87. The van der Waals surface area contributed by atoms with E-state index in [0.29, 0.717) is 23.3 Å². The lowest BCUT2D eigenvalue weighted by Crippen LogP contribution is -2.30. The van der Waals surface area contributed by atoms with E-state index in [1.54, 1.807) is 12.1 Å². The summed E-state index contributed by atoms with van der Waals surface area (Å²) >= 11 is 3.42. The predicted molar refractivity (Wildman–Crippen MR) is 93.6 cm³/mol. The number of carbonyl (C=O) groups is 2. The third kappa shape index (κ3) is 3.44. The van der Waals surface area contributed by atoms with Gasteiger partial charge in [-0.2, -0.15) is 0 Å². The number of hydrogen-bond donors (Lipinski definition) is 0. The third-order valence-electron chi connectivity index (χ3n) is 4.17. The zero-order valence-corrected chi connectivity index (χ0v) is 15.4. The summed E-state index contributed by atoms with van der Waals surface area (Å²) in [6.45, 7) is 2.14. The van der Waals surface area contributed by atoms with Gasteiger partial charge in [0.2, 0.25) is 0 Å². The van der Waals surface area contributed by atoms with Gasteiger partial charge in [-0.05, 0) is 64.7 Å². The maximum atomic E-state index is 13.8. The van der Waals surface area contributed by atoms with E-state index in [-0.39, 0.29) is 18.0 Å². The molecule has 25 heavy (non-hydrogen) atoms. The van der Waals surface area contributed by atoms with Gasteiger partial charge < -0.3 is 9.47 Å². The van der Waals surface area contributed by atoms with Gasteiger partial charge >= 0.3 is 5.97 Å². The van der Waals surface area contributed by atoms with Crippen LogP contribution in [0.15, 0.2) is 34.8 Å². The van der Waals surface area contributed by atoms with Crippen molar-refractivity contribution in [2.75, 3.05) is 13.7 Å². The van der Waals surface area contributed by atoms with Crippen molar-refractivity contribution >= 4 is 27.7 Å². The Kier molecular flexibility index (Phi) is 4.90. The number of carbonyl (C=O) groups excluding carboxylic acids is 2. The molecule has 0 fully saturated rings. The normalized spacial score (nSPS) is 16.2. The first-order chi connectivity index (χ1) is 11.9. The largest absolute Gasteiger partial charge is 0.491 e. The Labute approximate surface area is 153 Å². The molecule has 0 radical (unpaired) electrons. The topological polar surface area (TPSA) is 52.6 Å². The zero-order chi connectivity index (χ0) is 18.1. The Morgan fingerprint density at radius 3 is 2.84 bits per heavy atom. The lowest BCUT2D eigenvalue weighted by Gasteiger charge is -2.25. The van der Waals surface area contributed by atoms with E-state index in [1.807, 2.05) is 13.0 Å². The number of rotatable bonds is 3. The highest BCUT2D eigenvalue weighted by molar-refractivity contribution is 9.10. The maximum absolute atomic E-state index is 13.8. The molecule has 6 heteroatoms. The second kappa shape index (κ2) is 6.96. The number of esters is 1. The minimum absolute atomic E-state index is 0.0189. The van der Waals surface area contributed by atoms with E-state index < -0.39 is 17.7 Å². The van der Waals surface area contributed by atoms with Crippen LogP contribution in [0.5, 0.6) is 5.75 Å². The summed E-state index contributed by atoms with van der Waals surface area (Å²) in [5, 5.41) is 0. The maximum Gasteiger partial charge on any atom is 0.340 e. The van der Waals surface area contributed by atoms with Crippen LogP contribution in [0.4, 0.5) is 4.39 Å². The molecule has 4 nitrogen and oxygen atoms in total. The fraction of sp³-hybridized carbons (Fsp3) is 0.263. The Morgan fingerprint density at radius 2 is 2.12 bits per heavy atom. The molecule has 1 aliphatic rings. The van der Waals surface area contributed by atoms with Gasteiger partial charge in [0.05, 0.1) is 35.2 Å². The smallest absolute Gasteiger partial charge is 0.340 e. The van der Waals surface area contributed by atoms with Crippen LogP contribution in [-0.4, -0.2) is 25.5 Å². The molecule has 0 N–H and O–H groups in total. The molecule has 0 saturated heterocycles. The van der Waals surface area contributed by atoms with Crippen molar-refractivity contribution in [2.45, 2.75) is 13.3 Å². The molecule has 0 aliphatic carbocycles. The second-order valence-corrected chi connectivity index (χ2v) is 6.86. The number of halogens is 2. The SMILES string of the molecule is COC(=O)c1cc(C[C@H]2COc3c(Br)cc(C)cc3C2=O)ccc1F. The lowest BCUT2D eigenvalue weighted by molar-refractivity contribution is 0.0595. The zero-order valence-electron chi connectivity index (χ0n) is 13.8. The van der Waals surface area contributed by atoms with Crippen LogP contribution in [0, 0.1) is 18.7 Å². The average Bonchev–Trinajstić information content (AvgIpc) is 2.58. The molecule has 1 aliphatic heterocycles. The van der Waals surface area contributed by atoms with Crippen molar-refractivity contribution < 1.29 is 23.5 Å². The number of fused-ring (bicyclic) bond motifs is 1. The molecule has 0 aromatic heterocycles. The summed E-state index contributed by atoms with van der Waals surface area (Å²) in [5.74, 6) is -1.24. The van der Waals surface area contributed by atoms with Crippen LogP contribution in [0.1, 0.15) is 31.8 Å². The minimum atomic E-state index is -0.740. The summed E-state index contributed by atoms with van der Waals surface area (Å²) in [6.07, 6.45) is 0.355. The van der Waals surface area contributed by atoms with Gasteiger partial charge in [-0.3, -0.25) is 4.79 Å². The fourth-order valence-corrected chi connectivity index (χ4v) is 3.63. The van der Waals surface area contributed by atoms with Crippen molar-refractivity contribution in [3.63, 3.8) is 0 Å². The summed E-state index contributed by atoms with van der Waals surface area (Å²) in [7, 11) is 1.20. The Morgan fingerprint density at radius 1 is 1.36 bits per heavy atom. The van der Waals surface area contributed by atoms with Crippen molar-refractivity contribution in [3.05, 3.63) is 62.9 Å². The first kappa shape index (κ1) is 17.6. The van der Waals surface area contributed by atoms with Crippen molar-refractivity contribution in [1.82, 2.24) is 0 Å². The van der Waals surface area contributed by atoms with E-state index in [9.17, 15) is 14.0 Å². The predicted octanol–water partition coefficient (Wildman–Crippen LogP) is 4.12. The summed E-state index contributed by atoms with van der Waals surface area (Å²) in [4.78, 5) is 24.4. The molecule has 2 aromatic rings. The van der Waals surface area contributed by atoms with Gasteiger partial charge in [-0.25, -0.2) is 9.18 Å². The molecule has 0 saturated carbocycles. The molecular weight excluding hydrogens is 391 g/mol. The van der Waals surface area contributed by atoms with E-state index in [4.69, 9.17) is 4.74 Å². The number of methoxy groups -OCH3 is 1. The number of Topliss-reactive ketones (excluding diaryl/α,β-unsaturated/α-hetero) is 1. The highest BCUT2D eigenvalue weighted by Crippen LogP contribution is 2.36. The number of benzene rings is 2. The third-order valence-corrected chi connectivity index (χ3v) is 4.76. The highest BCUT2D eigenvalue weighted by atomic mass is 79.9. The average molecular weight is 407 g/mol. The van der Waals surface area contributed by atoms with E-state index in [2.05, 4.69) is 20.7 Å². The Hall–Kier alpha value is -2.21. The number of ketones is 1. The number of ether oxygens (including phenoxy) is 2. The van der Waals surface area contributed by atoms with Crippen molar-refractivity contribution in [1.29, 1.82) is 0 Å². The minimum Gasteiger partial charge on any atom is -0.491 e. The Bertz CT molecular complexity index is 863. The summed E-state index contributed by atoms with van der Waals surface area (Å²) in [6, 6.07) is 7.91. The van der Waals surface area contributed by atoms with Gasteiger partial charge in [-0.15, -0.1) is 0 Å². The summed E-state index contributed by atoms with van der Waals surface area (Å²) in [5.41, 5.74) is 2.04. The van der Waals surface area contributed by atoms with Crippen molar-refractivity contribution in [2.24, 2.45) is 5.92 Å². The number of aryl methyl sites for hydroxylation is 1. The van der Waals surface area contributed by atoms with E-state index >= 15 is 0 Å². The van der Waals surface area contributed by atoms with Crippen LogP contribution < -0.4 is 4.74 Å². The van der Waals surface area contributed by atoms with Gasteiger partial charge in [0, 0.05) is 0 Å². The van der Waals surface area contributed by atoms with Crippen LogP contribution in [0.3, 0.4) is 0 Å². The first-order valence-electron chi connectivity index (χ1n) is 7.74. The van der Waals surface area contributed by atoms with Crippen LogP contribution in [0.2, 0.25) is 0 Å². The van der Waals surface area contributed by atoms with E-state index in [0.717, 1.165) is 10.0 Å². The fourth-order valence-electron chi connectivity index (χ4n) is 2.94. The van der Waals surface area contributed by atoms with Crippen LogP contribution in [0.25, 0.3) is 0 Å². The molecule has 0 amide bonds. The highest BCUT2D eigenvalue weighted by Gasteiger charge is 2.30. The van der Waals surface area contributed by atoms with E-state index in [1.165, 1.54) is 19.2 Å². The quantitative estimate of drug-likeness (QED) is 0.719. The van der Waals surface area contributed by atoms with Crippen molar-refractivity contribution in [3.8, 4) is 5.75 Å². The van der Waals surface area contributed by atoms with Crippen LogP contribution in [-0.2, 0) is 11.2 Å². The molecular formula is C19H16BrFO4. The second-order valence-electron chi connectivity index (χ2n) is 6.01. The monoisotopic (exact) mass is 406 g/mol. The standard InChI is InChI=1S/C19H16BrFO4/c1-10-5-14-17(22)12(9-25-18(14)15(20)6-10)7-11-3-4-16(21)13(8-11)19(23)24-2/h3-6,8,12H,7,9H2,1-2H3/t12-/m0/s1. The molecule has 1 atom stereocenters. The van der Waals surface area contributed by atoms with Crippen LogP contribution >= 0.6 is 15.9 Å². The molecule has 0 spiro atoms. The molecule has 1 heterocycles.